The number of nitriles is 1. The van der Waals surface area contributed by atoms with Crippen LogP contribution in [0.5, 0.6) is 0 Å². The molecule has 0 saturated carbocycles. The van der Waals surface area contributed by atoms with Gasteiger partial charge in [-0.15, -0.1) is 0 Å². The SMILES string of the molecule is N#CC(c1ccc(F)cc1F)N1CCCCC1. The van der Waals surface area contributed by atoms with Gasteiger partial charge in [0.25, 0.3) is 0 Å². The van der Waals surface area contributed by atoms with Crippen LogP contribution < -0.4 is 0 Å². The van der Waals surface area contributed by atoms with Gasteiger partial charge in [-0.3, -0.25) is 4.90 Å². The summed E-state index contributed by atoms with van der Waals surface area (Å²) in [6.07, 6.45) is 3.21. The molecule has 1 saturated heterocycles. The summed E-state index contributed by atoms with van der Waals surface area (Å²) < 4.78 is 26.4. The van der Waals surface area contributed by atoms with Gasteiger partial charge in [-0.1, -0.05) is 12.5 Å². The van der Waals surface area contributed by atoms with Crippen molar-refractivity contribution in [2.75, 3.05) is 13.1 Å². The summed E-state index contributed by atoms with van der Waals surface area (Å²) in [5.41, 5.74) is 0.274. The minimum Gasteiger partial charge on any atom is -0.284 e. The lowest BCUT2D eigenvalue weighted by atomic mass is 10.0. The van der Waals surface area contributed by atoms with Crippen molar-refractivity contribution in [1.82, 2.24) is 4.90 Å². The lowest BCUT2D eigenvalue weighted by molar-refractivity contribution is 0.193. The molecule has 0 amide bonds. The number of piperidine rings is 1. The van der Waals surface area contributed by atoms with E-state index >= 15 is 0 Å². The second kappa shape index (κ2) is 5.24. The summed E-state index contributed by atoms with van der Waals surface area (Å²) in [4.78, 5) is 1.96. The molecule has 2 rings (SSSR count). The third-order valence-corrected chi connectivity index (χ3v) is 3.14. The van der Waals surface area contributed by atoms with Crippen LogP contribution in [0, 0.1) is 23.0 Å². The van der Waals surface area contributed by atoms with Crippen LogP contribution in [0.25, 0.3) is 0 Å². The van der Waals surface area contributed by atoms with Crippen molar-refractivity contribution in [3.8, 4) is 6.07 Å². The molecule has 1 heterocycles. The first-order chi connectivity index (χ1) is 8.22. The number of hydrogen-bond donors (Lipinski definition) is 0. The number of hydrogen-bond acceptors (Lipinski definition) is 2. The number of nitrogens with zero attached hydrogens (tertiary/aromatic N) is 2. The smallest absolute Gasteiger partial charge is 0.131 e. The second-order valence-corrected chi connectivity index (χ2v) is 4.29. The first kappa shape index (κ1) is 12.0. The first-order valence-corrected chi connectivity index (χ1v) is 5.81. The van der Waals surface area contributed by atoms with Crippen LogP contribution in [-0.2, 0) is 0 Å². The first-order valence-electron chi connectivity index (χ1n) is 5.81. The van der Waals surface area contributed by atoms with Gasteiger partial charge in [-0.25, -0.2) is 8.78 Å². The average molecular weight is 236 g/mol. The molecule has 0 aromatic heterocycles. The minimum absolute atomic E-state index is 0.274. The van der Waals surface area contributed by atoms with E-state index in [1.165, 1.54) is 12.1 Å². The lowest BCUT2D eigenvalue weighted by Crippen LogP contribution is -2.33. The zero-order chi connectivity index (χ0) is 12.3. The number of likely N-dealkylation sites (tertiary alicyclic amines) is 1. The Morgan fingerprint density at radius 2 is 1.88 bits per heavy atom. The molecule has 1 aromatic rings. The number of halogens is 2. The average Bonchev–Trinajstić information content (AvgIpc) is 2.34. The van der Waals surface area contributed by atoms with E-state index < -0.39 is 17.7 Å². The number of rotatable bonds is 2. The van der Waals surface area contributed by atoms with E-state index in [0.29, 0.717) is 0 Å². The summed E-state index contributed by atoms with van der Waals surface area (Å²) in [7, 11) is 0. The normalized spacial score (nSPS) is 18.6. The van der Waals surface area contributed by atoms with Gasteiger partial charge >= 0.3 is 0 Å². The van der Waals surface area contributed by atoms with Crippen LogP contribution in [0.4, 0.5) is 8.78 Å². The molecular weight excluding hydrogens is 222 g/mol. The zero-order valence-corrected chi connectivity index (χ0v) is 9.50. The van der Waals surface area contributed by atoms with Crippen LogP contribution in [-0.4, -0.2) is 18.0 Å². The molecule has 1 fully saturated rings. The van der Waals surface area contributed by atoms with E-state index in [1.807, 2.05) is 4.90 Å². The molecule has 17 heavy (non-hydrogen) atoms. The van der Waals surface area contributed by atoms with Crippen molar-refractivity contribution in [2.45, 2.75) is 25.3 Å². The highest BCUT2D eigenvalue weighted by molar-refractivity contribution is 5.26. The van der Waals surface area contributed by atoms with Gasteiger partial charge in [0.2, 0.25) is 0 Å². The Morgan fingerprint density at radius 3 is 2.47 bits per heavy atom. The minimum atomic E-state index is -0.637. The van der Waals surface area contributed by atoms with Crippen LogP contribution in [0.2, 0.25) is 0 Å². The highest BCUT2D eigenvalue weighted by Gasteiger charge is 2.24. The fraction of sp³-hybridized carbons (Fsp3) is 0.462. The molecule has 0 radical (unpaired) electrons. The largest absolute Gasteiger partial charge is 0.284 e. The van der Waals surface area contributed by atoms with Gasteiger partial charge in [-0.05, 0) is 32.0 Å². The van der Waals surface area contributed by atoms with Crippen LogP contribution in [0.3, 0.4) is 0 Å². The van der Waals surface area contributed by atoms with E-state index in [1.54, 1.807) is 0 Å². The summed E-state index contributed by atoms with van der Waals surface area (Å²) in [5, 5.41) is 9.17. The highest BCUT2D eigenvalue weighted by Crippen LogP contribution is 2.26. The van der Waals surface area contributed by atoms with Gasteiger partial charge in [0.1, 0.15) is 17.7 Å². The van der Waals surface area contributed by atoms with E-state index in [0.717, 1.165) is 38.4 Å². The molecule has 0 spiro atoms. The second-order valence-electron chi connectivity index (χ2n) is 4.29. The van der Waals surface area contributed by atoms with E-state index in [4.69, 9.17) is 0 Å². The van der Waals surface area contributed by atoms with Crippen LogP contribution in [0.1, 0.15) is 30.9 Å². The predicted octanol–water partition coefficient (Wildman–Crippen LogP) is 3.02. The van der Waals surface area contributed by atoms with E-state index in [2.05, 4.69) is 6.07 Å². The Bertz CT molecular complexity index is 434. The van der Waals surface area contributed by atoms with Crippen molar-refractivity contribution in [3.63, 3.8) is 0 Å². The molecule has 0 N–H and O–H groups in total. The van der Waals surface area contributed by atoms with Crippen molar-refractivity contribution in [1.29, 1.82) is 5.26 Å². The van der Waals surface area contributed by atoms with Gasteiger partial charge in [0.15, 0.2) is 0 Å². The Morgan fingerprint density at radius 1 is 1.18 bits per heavy atom. The van der Waals surface area contributed by atoms with Crippen molar-refractivity contribution in [3.05, 3.63) is 35.4 Å². The molecule has 1 unspecified atom stereocenters. The third-order valence-electron chi connectivity index (χ3n) is 3.14. The Kier molecular flexibility index (Phi) is 3.70. The molecule has 2 nitrogen and oxygen atoms in total. The van der Waals surface area contributed by atoms with E-state index in [-0.39, 0.29) is 5.56 Å². The van der Waals surface area contributed by atoms with Crippen molar-refractivity contribution < 1.29 is 8.78 Å². The van der Waals surface area contributed by atoms with Gasteiger partial charge in [0, 0.05) is 11.6 Å². The summed E-state index contributed by atoms with van der Waals surface area (Å²) in [5.74, 6) is -1.25. The van der Waals surface area contributed by atoms with Gasteiger partial charge in [0.05, 0.1) is 6.07 Å². The quantitative estimate of drug-likeness (QED) is 0.789. The van der Waals surface area contributed by atoms with Crippen molar-refractivity contribution in [2.24, 2.45) is 0 Å². The summed E-state index contributed by atoms with van der Waals surface area (Å²) in [6.45, 7) is 1.60. The van der Waals surface area contributed by atoms with Gasteiger partial charge < -0.3 is 0 Å². The highest BCUT2D eigenvalue weighted by atomic mass is 19.1. The summed E-state index contributed by atoms with van der Waals surface area (Å²) in [6, 6.07) is 4.92. The van der Waals surface area contributed by atoms with Crippen LogP contribution in [0.15, 0.2) is 18.2 Å². The monoisotopic (exact) mass is 236 g/mol. The number of benzene rings is 1. The molecule has 90 valence electrons. The zero-order valence-electron chi connectivity index (χ0n) is 9.50. The maximum atomic E-state index is 13.6. The molecule has 1 atom stereocenters. The van der Waals surface area contributed by atoms with E-state index in [9.17, 15) is 14.0 Å². The lowest BCUT2D eigenvalue weighted by Gasteiger charge is -2.30. The standard InChI is InChI=1S/C13H14F2N2/c14-10-4-5-11(12(15)8-10)13(9-16)17-6-2-1-3-7-17/h4-5,8,13H,1-3,6-7H2. The maximum absolute atomic E-state index is 13.6. The van der Waals surface area contributed by atoms with Gasteiger partial charge in [-0.2, -0.15) is 5.26 Å². The van der Waals surface area contributed by atoms with Crippen molar-refractivity contribution >= 4 is 0 Å². The molecule has 0 bridgehead atoms. The third kappa shape index (κ3) is 2.62. The predicted molar refractivity (Wildman–Crippen MR) is 60.1 cm³/mol. The molecule has 1 aliphatic heterocycles. The maximum Gasteiger partial charge on any atom is 0.131 e. The molecule has 1 aliphatic rings. The fourth-order valence-electron chi connectivity index (χ4n) is 2.25. The topological polar surface area (TPSA) is 27.0 Å². The van der Waals surface area contributed by atoms with Crippen LogP contribution >= 0.6 is 0 Å². The summed E-state index contributed by atoms with van der Waals surface area (Å²) >= 11 is 0. The molecular formula is C13H14F2N2. The Hall–Kier alpha value is -1.47. The Balaban J connectivity index is 2.25. The fourth-order valence-corrected chi connectivity index (χ4v) is 2.25. The molecule has 0 aliphatic carbocycles. The Labute approximate surface area is 99.5 Å². The molecule has 1 aromatic carbocycles. The molecule has 4 heteroatoms.